The zero-order valence-corrected chi connectivity index (χ0v) is 12.5. The number of nitrogens with zero attached hydrogens (tertiary/aromatic N) is 1. The molecule has 2 aliphatic rings. The predicted molar refractivity (Wildman–Crippen MR) is 74.0 cm³/mol. The normalized spacial score (nSPS) is 31.0. The molecule has 110 valence electrons. The summed E-state index contributed by atoms with van der Waals surface area (Å²) in [5.74, 6) is 1.10. The van der Waals surface area contributed by atoms with Gasteiger partial charge in [-0.3, -0.25) is 4.79 Å². The molecule has 2 unspecified atom stereocenters. The summed E-state index contributed by atoms with van der Waals surface area (Å²) in [7, 11) is -3.10. The molecule has 0 N–H and O–H groups in total. The van der Waals surface area contributed by atoms with Gasteiger partial charge in [0.2, 0.25) is 5.91 Å². The molecule has 5 nitrogen and oxygen atoms in total. The molecule has 3 rings (SSSR count). The Balaban J connectivity index is 1.68. The molecule has 0 radical (unpaired) electrons. The van der Waals surface area contributed by atoms with Crippen LogP contribution in [0.1, 0.15) is 31.9 Å². The molecule has 2 atom stereocenters. The highest BCUT2D eigenvalue weighted by Gasteiger charge is 2.50. The molecule has 1 aromatic rings. The van der Waals surface area contributed by atoms with E-state index in [0.29, 0.717) is 6.54 Å². The van der Waals surface area contributed by atoms with Crippen molar-refractivity contribution in [2.75, 3.05) is 18.8 Å². The summed E-state index contributed by atoms with van der Waals surface area (Å²) < 4.78 is 28.4. The van der Waals surface area contributed by atoms with E-state index in [-0.39, 0.29) is 30.0 Å². The van der Waals surface area contributed by atoms with Crippen molar-refractivity contribution in [3.8, 4) is 0 Å². The highest BCUT2D eigenvalue weighted by molar-refractivity contribution is 7.92. The lowest BCUT2D eigenvalue weighted by Crippen LogP contribution is -2.55. The quantitative estimate of drug-likeness (QED) is 0.828. The van der Waals surface area contributed by atoms with Gasteiger partial charge in [0.05, 0.1) is 16.8 Å². The van der Waals surface area contributed by atoms with Crippen molar-refractivity contribution in [3.05, 3.63) is 24.2 Å². The van der Waals surface area contributed by atoms with Crippen LogP contribution < -0.4 is 0 Å². The van der Waals surface area contributed by atoms with Crippen molar-refractivity contribution in [3.63, 3.8) is 0 Å². The van der Waals surface area contributed by atoms with Gasteiger partial charge in [-0.15, -0.1) is 0 Å². The second-order valence-corrected chi connectivity index (χ2v) is 9.05. The number of carbonyl (C=O) groups is 1. The van der Waals surface area contributed by atoms with Gasteiger partial charge in [0.1, 0.15) is 5.76 Å². The minimum Gasteiger partial charge on any atom is -0.469 e. The predicted octanol–water partition coefficient (Wildman–Crippen LogP) is 1.42. The number of sulfone groups is 1. The molecule has 1 saturated carbocycles. The van der Waals surface area contributed by atoms with E-state index >= 15 is 0 Å². The van der Waals surface area contributed by atoms with Crippen LogP contribution in [0.25, 0.3) is 0 Å². The Morgan fingerprint density at radius 3 is 2.80 bits per heavy atom. The molecule has 1 aromatic heterocycles. The highest BCUT2D eigenvalue weighted by Crippen LogP contribution is 2.49. The lowest BCUT2D eigenvalue weighted by molar-refractivity contribution is -0.133. The van der Waals surface area contributed by atoms with Crippen LogP contribution in [0.3, 0.4) is 0 Å². The maximum atomic E-state index is 12.5. The summed E-state index contributed by atoms with van der Waals surface area (Å²) in [4.78, 5) is 14.2. The second-order valence-electron chi connectivity index (χ2n) is 6.30. The fourth-order valence-electron chi connectivity index (χ4n) is 2.85. The summed E-state index contributed by atoms with van der Waals surface area (Å²) in [5.41, 5.74) is 0. The van der Waals surface area contributed by atoms with Crippen molar-refractivity contribution in [1.29, 1.82) is 0 Å². The first-order valence-electron chi connectivity index (χ1n) is 6.86. The molecule has 1 aliphatic heterocycles. The first-order chi connectivity index (χ1) is 9.32. The third-order valence-corrected chi connectivity index (χ3v) is 6.90. The average Bonchev–Trinajstić information content (AvgIpc) is 2.98. The van der Waals surface area contributed by atoms with E-state index in [9.17, 15) is 13.2 Å². The zero-order chi connectivity index (χ0) is 14.5. The zero-order valence-electron chi connectivity index (χ0n) is 11.7. The molecular formula is C14H19NO4S. The van der Waals surface area contributed by atoms with Crippen molar-refractivity contribution < 1.29 is 17.6 Å². The van der Waals surface area contributed by atoms with Crippen LogP contribution in [0.2, 0.25) is 0 Å². The average molecular weight is 297 g/mol. The molecule has 0 aromatic carbocycles. The molecule has 1 aliphatic carbocycles. The Labute approximate surface area is 118 Å². The number of hydrogen-bond acceptors (Lipinski definition) is 4. The Bertz CT molecular complexity index is 618. The molecule has 0 spiro atoms. The number of hydrogen-bond donors (Lipinski definition) is 0. The Kier molecular flexibility index (Phi) is 2.97. The number of amides is 1. The van der Waals surface area contributed by atoms with E-state index < -0.39 is 14.6 Å². The topological polar surface area (TPSA) is 67.6 Å². The van der Waals surface area contributed by atoms with Crippen LogP contribution in [-0.2, 0) is 14.6 Å². The van der Waals surface area contributed by atoms with E-state index in [1.807, 2.05) is 12.1 Å². The smallest absolute Gasteiger partial charge is 0.226 e. The van der Waals surface area contributed by atoms with Crippen LogP contribution in [0.4, 0.5) is 0 Å². The molecule has 20 heavy (non-hydrogen) atoms. The molecule has 0 bridgehead atoms. The van der Waals surface area contributed by atoms with Gasteiger partial charge in [-0.1, -0.05) is 0 Å². The molecular weight excluding hydrogens is 278 g/mol. The first-order valence-corrected chi connectivity index (χ1v) is 8.51. The van der Waals surface area contributed by atoms with Gasteiger partial charge >= 0.3 is 0 Å². The lowest BCUT2D eigenvalue weighted by Gasteiger charge is -2.37. The minimum atomic E-state index is -3.10. The van der Waals surface area contributed by atoms with Crippen molar-refractivity contribution >= 4 is 15.7 Å². The van der Waals surface area contributed by atoms with Gasteiger partial charge in [-0.25, -0.2) is 8.42 Å². The monoisotopic (exact) mass is 297 g/mol. The van der Waals surface area contributed by atoms with Gasteiger partial charge in [-0.05, 0) is 32.4 Å². The summed E-state index contributed by atoms with van der Waals surface area (Å²) >= 11 is 0. The van der Waals surface area contributed by atoms with Crippen molar-refractivity contribution in [1.82, 2.24) is 4.90 Å². The molecule has 2 heterocycles. The minimum absolute atomic E-state index is 0.0437. The Morgan fingerprint density at radius 1 is 1.45 bits per heavy atom. The van der Waals surface area contributed by atoms with E-state index in [4.69, 9.17) is 4.42 Å². The standard InChI is InChI=1S/C14H19NO4S/c1-14(2)9-15(5-7-20(14,17)18)13(16)11-8-10(11)12-4-3-6-19-12/h3-4,6,10-11H,5,7-9H2,1-2H3. The Morgan fingerprint density at radius 2 is 2.20 bits per heavy atom. The summed E-state index contributed by atoms with van der Waals surface area (Å²) in [5, 5.41) is 0. The van der Waals surface area contributed by atoms with E-state index in [1.165, 1.54) is 0 Å². The summed E-state index contributed by atoms with van der Waals surface area (Å²) in [6, 6.07) is 3.72. The molecule has 1 amide bonds. The summed E-state index contributed by atoms with van der Waals surface area (Å²) in [6.07, 6.45) is 2.42. The number of furan rings is 1. The maximum Gasteiger partial charge on any atom is 0.226 e. The third-order valence-electron chi connectivity index (χ3n) is 4.37. The SMILES string of the molecule is CC1(C)CN(C(=O)C2CC2c2ccco2)CCS1(=O)=O. The van der Waals surface area contributed by atoms with E-state index in [0.717, 1.165) is 12.2 Å². The Hall–Kier alpha value is -1.30. The van der Waals surface area contributed by atoms with Crippen LogP contribution >= 0.6 is 0 Å². The molecule has 2 fully saturated rings. The van der Waals surface area contributed by atoms with E-state index in [1.54, 1.807) is 25.0 Å². The fourth-order valence-corrected chi connectivity index (χ4v) is 4.22. The van der Waals surface area contributed by atoms with Crippen LogP contribution in [0.5, 0.6) is 0 Å². The fraction of sp³-hybridized carbons (Fsp3) is 0.643. The van der Waals surface area contributed by atoms with Gasteiger partial charge < -0.3 is 9.32 Å². The van der Waals surface area contributed by atoms with Gasteiger partial charge in [0.25, 0.3) is 0 Å². The van der Waals surface area contributed by atoms with Gasteiger partial charge in [0, 0.05) is 24.9 Å². The van der Waals surface area contributed by atoms with Crippen LogP contribution in [-0.4, -0.2) is 42.8 Å². The van der Waals surface area contributed by atoms with Crippen LogP contribution in [0, 0.1) is 5.92 Å². The van der Waals surface area contributed by atoms with Crippen molar-refractivity contribution in [2.24, 2.45) is 5.92 Å². The maximum absolute atomic E-state index is 12.5. The lowest BCUT2D eigenvalue weighted by atomic mass is 10.1. The summed E-state index contributed by atoms with van der Waals surface area (Å²) in [6.45, 7) is 3.98. The molecule has 6 heteroatoms. The van der Waals surface area contributed by atoms with Crippen LogP contribution in [0.15, 0.2) is 22.8 Å². The largest absolute Gasteiger partial charge is 0.469 e. The van der Waals surface area contributed by atoms with Crippen molar-refractivity contribution in [2.45, 2.75) is 30.9 Å². The number of carbonyl (C=O) groups excluding carboxylic acids is 1. The van der Waals surface area contributed by atoms with Gasteiger partial charge in [0.15, 0.2) is 9.84 Å². The van der Waals surface area contributed by atoms with Gasteiger partial charge in [-0.2, -0.15) is 0 Å². The third kappa shape index (κ3) is 2.16. The number of rotatable bonds is 2. The van der Waals surface area contributed by atoms with E-state index in [2.05, 4.69) is 0 Å². The molecule has 1 saturated heterocycles. The first kappa shape index (κ1) is 13.7. The second kappa shape index (κ2) is 4.35. The highest BCUT2D eigenvalue weighted by atomic mass is 32.2.